The summed E-state index contributed by atoms with van der Waals surface area (Å²) in [6, 6.07) is 7.95. The molecule has 128 valence electrons. The number of hydrogen-bond donors (Lipinski definition) is 0. The van der Waals surface area contributed by atoms with Crippen molar-refractivity contribution in [3.8, 4) is 5.69 Å². The zero-order valence-corrected chi connectivity index (χ0v) is 13.9. The Balaban J connectivity index is 1.70. The minimum absolute atomic E-state index is 0.116. The first kappa shape index (κ1) is 16.6. The molecule has 0 radical (unpaired) electrons. The number of amides is 1. The van der Waals surface area contributed by atoms with E-state index in [1.807, 2.05) is 29.2 Å². The lowest BCUT2D eigenvalue weighted by atomic mass is 10.1. The number of aryl methyl sites for hydroxylation is 1. The number of halogens is 1. The number of benzene rings is 1. The third-order valence-electron chi connectivity index (χ3n) is 4.39. The first-order valence-corrected chi connectivity index (χ1v) is 8.31. The molecule has 2 aromatic rings. The number of nitrogens with zero attached hydrogens (tertiary/aromatic N) is 5. The summed E-state index contributed by atoms with van der Waals surface area (Å²) in [5.74, 6) is -0.116. The molecule has 0 spiro atoms. The fourth-order valence-electron chi connectivity index (χ4n) is 2.97. The van der Waals surface area contributed by atoms with Gasteiger partial charge in [-0.15, -0.1) is 5.10 Å². The van der Waals surface area contributed by atoms with Gasteiger partial charge in [-0.3, -0.25) is 9.69 Å². The van der Waals surface area contributed by atoms with Crippen LogP contribution in [0, 0.1) is 0 Å². The minimum Gasteiger partial charge on any atom is -0.335 e. The van der Waals surface area contributed by atoms with Crippen LogP contribution in [0.2, 0.25) is 0 Å². The highest BCUT2D eigenvalue weighted by molar-refractivity contribution is 5.92. The number of piperazine rings is 1. The van der Waals surface area contributed by atoms with E-state index in [0.29, 0.717) is 38.4 Å². The van der Waals surface area contributed by atoms with Crippen molar-refractivity contribution in [1.82, 2.24) is 24.8 Å². The van der Waals surface area contributed by atoms with E-state index in [0.717, 1.165) is 17.7 Å². The smallest absolute Gasteiger partial charge is 0.276 e. The molecular weight excluding hydrogens is 309 g/mol. The maximum atomic E-state index is 12.6. The highest BCUT2D eigenvalue weighted by atomic mass is 19.1. The molecular formula is C17H22FN5O. The van der Waals surface area contributed by atoms with Gasteiger partial charge >= 0.3 is 0 Å². The van der Waals surface area contributed by atoms with Crippen LogP contribution < -0.4 is 0 Å². The van der Waals surface area contributed by atoms with Crippen LogP contribution in [0.5, 0.6) is 0 Å². The van der Waals surface area contributed by atoms with Gasteiger partial charge in [0.15, 0.2) is 5.69 Å². The average Bonchev–Trinajstić information content (AvgIpc) is 3.12. The molecule has 0 bridgehead atoms. The number of rotatable bonds is 5. The maximum absolute atomic E-state index is 12.6. The van der Waals surface area contributed by atoms with Gasteiger partial charge in [0.05, 0.1) is 11.9 Å². The van der Waals surface area contributed by atoms with Gasteiger partial charge < -0.3 is 4.90 Å². The van der Waals surface area contributed by atoms with Crippen molar-refractivity contribution in [2.75, 3.05) is 39.4 Å². The number of carbonyl (C=O) groups excluding carboxylic acids is 1. The van der Waals surface area contributed by atoms with E-state index in [4.69, 9.17) is 0 Å². The average molecular weight is 331 g/mol. The lowest BCUT2D eigenvalue weighted by molar-refractivity contribution is 0.0625. The lowest BCUT2D eigenvalue weighted by Gasteiger charge is -2.33. The number of alkyl halides is 1. The zero-order chi connectivity index (χ0) is 16.9. The molecule has 1 aromatic carbocycles. The van der Waals surface area contributed by atoms with Crippen molar-refractivity contribution < 1.29 is 9.18 Å². The van der Waals surface area contributed by atoms with Crippen molar-refractivity contribution in [2.24, 2.45) is 0 Å². The summed E-state index contributed by atoms with van der Waals surface area (Å²) in [5.41, 5.74) is 2.44. The normalized spacial score (nSPS) is 15.7. The maximum Gasteiger partial charge on any atom is 0.276 e. The van der Waals surface area contributed by atoms with Crippen LogP contribution in [0.15, 0.2) is 30.5 Å². The summed E-state index contributed by atoms with van der Waals surface area (Å²) in [6.07, 6.45) is 2.57. The molecule has 1 fully saturated rings. The van der Waals surface area contributed by atoms with Crippen LogP contribution >= 0.6 is 0 Å². The molecule has 3 rings (SSSR count). The molecule has 1 aliphatic heterocycles. The summed E-state index contributed by atoms with van der Waals surface area (Å²) >= 11 is 0. The number of aromatic nitrogens is 3. The second-order valence-electron chi connectivity index (χ2n) is 5.85. The van der Waals surface area contributed by atoms with E-state index in [1.54, 1.807) is 15.8 Å². The van der Waals surface area contributed by atoms with Gasteiger partial charge in [0.25, 0.3) is 5.91 Å². The van der Waals surface area contributed by atoms with Crippen molar-refractivity contribution in [1.29, 1.82) is 0 Å². The highest BCUT2D eigenvalue weighted by Crippen LogP contribution is 2.15. The van der Waals surface area contributed by atoms with Gasteiger partial charge in [-0.25, -0.2) is 9.07 Å². The Morgan fingerprint density at radius 1 is 1.21 bits per heavy atom. The van der Waals surface area contributed by atoms with Crippen molar-refractivity contribution >= 4 is 5.91 Å². The topological polar surface area (TPSA) is 54.3 Å². The third kappa shape index (κ3) is 3.46. The predicted molar refractivity (Wildman–Crippen MR) is 89.1 cm³/mol. The molecule has 0 unspecified atom stereocenters. The summed E-state index contributed by atoms with van der Waals surface area (Å²) < 4.78 is 14.0. The van der Waals surface area contributed by atoms with Crippen LogP contribution in [0.25, 0.3) is 5.69 Å². The lowest BCUT2D eigenvalue weighted by Crippen LogP contribution is -2.49. The molecule has 0 atom stereocenters. The van der Waals surface area contributed by atoms with Crippen LogP contribution in [-0.4, -0.2) is 70.1 Å². The Bertz CT molecular complexity index is 694. The van der Waals surface area contributed by atoms with Gasteiger partial charge in [0.2, 0.25) is 0 Å². The van der Waals surface area contributed by atoms with E-state index in [2.05, 4.69) is 17.2 Å². The first-order valence-electron chi connectivity index (χ1n) is 8.31. The molecule has 0 N–H and O–H groups in total. The van der Waals surface area contributed by atoms with Crippen molar-refractivity contribution in [3.63, 3.8) is 0 Å². The van der Waals surface area contributed by atoms with Gasteiger partial charge in [-0.1, -0.05) is 30.3 Å². The Labute approximate surface area is 140 Å². The third-order valence-corrected chi connectivity index (χ3v) is 4.39. The Hall–Kier alpha value is -2.28. The summed E-state index contributed by atoms with van der Waals surface area (Å²) in [7, 11) is 0. The molecule has 7 heteroatoms. The van der Waals surface area contributed by atoms with E-state index >= 15 is 0 Å². The molecule has 2 heterocycles. The molecule has 6 nitrogen and oxygen atoms in total. The molecule has 0 aliphatic carbocycles. The van der Waals surface area contributed by atoms with Gasteiger partial charge in [-0.2, -0.15) is 0 Å². The molecule has 0 saturated carbocycles. The molecule has 24 heavy (non-hydrogen) atoms. The van der Waals surface area contributed by atoms with Crippen molar-refractivity contribution in [2.45, 2.75) is 13.3 Å². The Kier molecular flexibility index (Phi) is 5.20. The van der Waals surface area contributed by atoms with Crippen LogP contribution in [-0.2, 0) is 6.42 Å². The minimum atomic E-state index is -0.348. The highest BCUT2D eigenvalue weighted by Gasteiger charge is 2.24. The van der Waals surface area contributed by atoms with E-state index in [9.17, 15) is 9.18 Å². The second-order valence-corrected chi connectivity index (χ2v) is 5.85. The fraction of sp³-hybridized carbons (Fsp3) is 0.471. The van der Waals surface area contributed by atoms with Gasteiger partial charge in [-0.05, 0) is 18.1 Å². The van der Waals surface area contributed by atoms with Crippen LogP contribution in [0.1, 0.15) is 23.0 Å². The molecule has 1 aliphatic rings. The zero-order valence-electron chi connectivity index (χ0n) is 13.9. The fourth-order valence-corrected chi connectivity index (χ4v) is 2.97. The van der Waals surface area contributed by atoms with Crippen LogP contribution in [0.4, 0.5) is 4.39 Å². The monoisotopic (exact) mass is 331 g/mol. The summed E-state index contributed by atoms with van der Waals surface area (Å²) in [5, 5.41) is 8.16. The van der Waals surface area contributed by atoms with Gasteiger partial charge in [0.1, 0.15) is 6.67 Å². The summed E-state index contributed by atoms with van der Waals surface area (Å²) in [4.78, 5) is 16.4. The molecule has 1 aromatic heterocycles. The second kappa shape index (κ2) is 7.53. The van der Waals surface area contributed by atoms with E-state index in [-0.39, 0.29) is 12.6 Å². The first-order chi connectivity index (χ1) is 11.7. The van der Waals surface area contributed by atoms with Crippen molar-refractivity contribution in [3.05, 3.63) is 41.7 Å². The Morgan fingerprint density at radius 3 is 2.67 bits per heavy atom. The largest absolute Gasteiger partial charge is 0.335 e. The SMILES string of the molecule is CCc1ccccc1-n1cc(C(=O)N2CCN(CCF)CC2)nn1. The number of carbonyl (C=O) groups is 1. The van der Waals surface area contributed by atoms with E-state index in [1.165, 1.54) is 0 Å². The molecule has 1 amide bonds. The van der Waals surface area contributed by atoms with Gasteiger partial charge in [0, 0.05) is 32.7 Å². The number of para-hydroxylation sites is 1. The van der Waals surface area contributed by atoms with Crippen LogP contribution in [0.3, 0.4) is 0 Å². The quantitative estimate of drug-likeness (QED) is 0.834. The predicted octanol–water partition coefficient (Wildman–Crippen LogP) is 1.56. The molecule has 1 saturated heterocycles. The Morgan fingerprint density at radius 2 is 1.96 bits per heavy atom. The van der Waals surface area contributed by atoms with E-state index < -0.39 is 0 Å². The standard InChI is InChI=1S/C17H22FN5O/c1-2-14-5-3-4-6-16(14)23-13-15(19-20-23)17(24)22-11-9-21(8-7-18)10-12-22/h3-6,13H,2,7-12H2,1H3. The summed E-state index contributed by atoms with van der Waals surface area (Å²) in [6.45, 7) is 4.75. The number of hydrogen-bond acceptors (Lipinski definition) is 4.